The van der Waals surface area contributed by atoms with Gasteiger partial charge in [-0.15, -0.1) is 0 Å². The molecule has 2 N–H and O–H groups in total. The van der Waals surface area contributed by atoms with Crippen molar-refractivity contribution in [2.75, 3.05) is 5.32 Å². The second-order valence-corrected chi connectivity index (χ2v) is 6.92. The molecule has 0 spiro atoms. The minimum absolute atomic E-state index is 0.0656. The second kappa shape index (κ2) is 7.65. The highest BCUT2D eigenvalue weighted by Gasteiger charge is 2.43. The third-order valence-corrected chi connectivity index (χ3v) is 4.93. The Morgan fingerprint density at radius 1 is 1.14 bits per heavy atom. The smallest absolute Gasteiger partial charge is 0.416 e. The molecular formula is C19H19F3N2O4. The molecule has 0 saturated carbocycles. The van der Waals surface area contributed by atoms with Crippen LogP contribution in [0.5, 0.6) is 0 Å². The van der Waals surface area contributed by atoms with Gasteiger partial charge in [0.15, 0.2) is 0 Å². The van der Waals surface area contributed by atoms with Crippen molar-refractivity contribution < 1.29 is 32.7 Å². The van der Waals surface area contributed by atoms with Gasteiger partial charge in [-0.25, -0.2) is 4.79 Å². The summed E-state index contributed by atoms with van der Waals surface area (Å²) in [7, 11) is 0. The number of benzene rings is 1. The first-order valence-electron chi connectivity index (χ1n) is 8.82. The molecule has 3 atom stereocenters. The third-order valence-electron chi connectivity index (χ3n) is 4.93. The van der Waals surface area contributed by atoms with Crippen LogP contribution in [0.2, 0.25) is 0 Å². The second-order valence-electron chi connectivity index (χ2n) is 6.92. The number of aliphatic carboxylic acids is 1. The van der Waals surface area contributed by atoms with Gasteiger partial charge in [0.1, 0.15) is 17.9 Å². The lowest BCUT2D eigenvalue weighted by atomic mass is 9.89. The van der Waals surface area contributed by atoms with Crippen molar-refractivity contribution in [3.63, 3.8) is 0 Å². The Morgan fingerprint density at radius 2 is 1.86 bits per heavy atom. The van der Waals surface area contributed by atoms with E-state index in [2.05, 4.69) is 5.32 Å². The zero-order valence-electron chi connectivity index (χ0n) is 14.8. The monoisotopic (exact) mass is 396 g/mol. The number of Topliss-reactive ketones (excluding diaryl/α,β-unsaturated/α-hetero) is 1. The molecule has 6 nitrogen and oxygen atoms in total. The molecule has 0 radical (unpaired) electrons. The number of hydrogen-bond acceptors (Lipinski definition) is 4. The van der Waals surface area contributed by atoms with Gasteiger partial charge in [-0.05, 0) is 31.0 Å². The number of fused-ring (bicyclic) bond motifs is 1. The molecule has 28 heavy (non-hydrogen) atoms. The number of piperidine rings is 1. The summed E-state index contributed by atoms with van der Waals surface area (Å²) in [5.41, 5.74) is -0.741. The highest BCUT2D eigenvalue weighted by Crippen LogP contribution is 2.32. The highest BCUT2D eigenvalue weighted by molar-refractivity contribution is 5.95. The normalized spacial score (nSPS) is 26.8. The van der Waals surface area contributed by atoms with E-state index in [4.69, 9.17) is 0 Å². The van der Waals surface area contributed by atoms with Crippen molar-refractivity contribution >= 4 is 23.3 Å². The number of carboxylic acids is 1. The number of amides is 1. The van der Waals surface area contributed by atoms with Crippen LogP contribution in [0, 0.1) is 0 Å². The van der Waals surface area contributed by atoms with E-state index in [1.54, 1.807) is 12.2 Å². The number of nitrogens with one attached hydrogen (secondary N) is 1. The molecule has 9 heteroatoms. The molecule has 1 fully saturated rings. The van der Waals surface area contributed by atoms with E-state index in [0.717, 1.165) is 12.1 Å². The Labute approximate surface area is 159 Å². The molecule has 2 aliphatic rings. The highest BCUT2D eigenvalue weighted by atomic mass is 19.4. The molecule has 0 aromatic heterocycles. The van der Waals surface area contributed by atoms with Gasteiger partial charge in [-0.1, -0.05) is 18.2 Å². The number of rotatable bonds is 3. The predicted octanol–water partition coefficient (Wildman–Crippen LogP) is 2.85. The molecule has 1 aromatic rings. The van der Waals surface area contributed by atoms with Gasteiger partial charge in [-0.3, -0.25) is 9.59 Å². The van der Waals surface area contributed by atoms with E-state index in [-0.39, 0.29) is 30.7 Å². The van der Waals surface area contributed by atoms with Gasteiger partial charge < -0.3 is 15.3 Å². The molecule has 3 rings (SSSR count). The number of carboxylic acid groups (broad SMARTS) is 1. The molecule has 1 aromatic carbocycles. The van der Waals surface area contributed by atoms with Crippen molar-refractivity contribution in [3.05, 3.63) is 42.0 Å². The van der Waals surface area contributed by atoms with Crippen LogP contribution in [0.1, 0.15) is 31.2 Å². The molecule has 2 aliphatic heterocycles. The third kappa shape index (κ3) is 4.18. The number of alkyl halides is 3. The fraction of sp³-hybridized carbons (Fsp3) is 0.421. The lowest BCUT2D eigenvalue weighted by Crippen LogP contribution is -2.59. The van der Waals surface area contributed by atoms with Crippen LogP contribution in [0.25, 0.3) is 0 Å². The van der Waals surface area contributed by atoms with Crippen LogP contribution in [0.3, 0.4) is 0 Å². The summed E-state index contributed by atoms with van der Waals surface area (Å²) in [4.78, 5) is 37.8. The first kappa shape index (κ1) is 19.9. The molecule has 1 saturated heterocycles. The summed E-state index contributed by atoms with van der Waals surface area (Å²) < 4.78 is 38.8. The van der Waals surface area contributed by atoms with Crippen LogP contribution < -0.4 is 5.32 Å². The van der Waals surface area contributed by atoms with Crippen molar-refractivity contribution in [1.29, 1.82) is 0 Å². The molecule has 2 heterocycles. The van der Waals surface area contributed by atoms with Gasteiger partial charge in [0.2, 0.25) is 5.91 Å². The van der Waals surface area contributed by atoms with Crippen molar-refractivity contribution in [3.8, 4) is 0 Å². The summed E-state index contributed by atoms with van der Waals surface area (Å²) in [6, 6.07) is 1.71. The fourth-order valence-electron chi connectivity index (χ4n) is 3.62. The Balaban J connectivity index is 1.88. The topological polar surface area (TPSA) is 86.7 Å². The van der Waals surface area contributed by atoms with Crippen molar-refractivity contribution in [1.82, 2.24) is 4.90 Å². The Hall–Kier alpha value is -2.84. The van der Waals surface area contributed by atoms with Crippen LogP contribution in [-0.4, -0.2) is 45.8 Å². The number of halogens is 3. The maximum absolute atomic E-state index is 13.1. The zero-order chi connectivity index (χ0) is 20.5. The summed E-state index contributed by atoms with van der Waals surface area (Å²) in [5, 5.41) is 12.3. The fourth-order valence-corrected chi connectivity index (χ4v) is 3.62. The Bertz CT molecular complexity index is 822. The average molecular weight is 396 g/mol. The largest absolute Gasteiger partial charge is 0.480 e. The van der Waals surface area contributed by atoms with Gasteiger partial charge >= 0.3 is 12.1 Å². The number of anilines is 1. The number of nitrogens with zero attached hydrogens (tertiary/aromatic N) is 1. The maximum atomic E-state index is 13.1. The van der Waals surface area contributed by atoms with Crippen LogP contribution in [0.15, 0.2) is 36.4 Å². The number of carbonyl (C=O) groups excluding carboxylic acids is 2. The van der Waals surface area contributed by atoms with Crippen molar-refractivity contribution in [2.24, 2.45) is 0 Å². The molecule has 0 unspecified atom stereocenters. The van der Waals surface area contributed by atoms with Crippen molar-refractivity contribution in [2.45, 2.75) is 50.0 Å². The lowest BCUT2D eigenvalue weighted by molar-refractivity contribution is -0.158. The number of hydrogen-bond donors (Lipinski definition) is 2. The van der Waals surface area contributed by atoms with Gasteiger partial charge in [0, 0.05) is 24.6 Å². The van der Waals surface area contributed by atoms with Gasteiger partial charge in [0.05, 0.1) is 5.56 Å². The van der Waals surface area contributed by atoms with Crippen LogP contribution in [-0.2, 0) is 20.6 Å². The van der Waals surface area contributed by atoms with E-state index >= 15 is 0 Å². The molecule has 0 aliphatic carbocycles. The molecule has 150 valence electrons. The van der Waals surface area contributed by atoms with E-state index in [1.165, 1.54) is 17.0 Å². The van der Waals surface area contributed by atoms with Gasteiger partial charge in [0.25, 0.3) is 0 Å². The zero-order valence-corrected chi connectivity index (χ0v) is 14.8. The predicted molar refractivity (Wildman–Crippen MR) is 93.5 cm³/mol. The number of carbonyl (C=O) groups is 3. The maximum Gasteiger partial charge on any atom is 0.416 e. The summed E-state index contributed by atoms with van der Waals surface area (Å²) >= 11 is 0. The van der Waals surface area contributed by atoms with E-state index in [0.29, 0.717) is 6.42 Å². The van der Waals surface area contributed by atoms with Crippen LogP contribution in [0.4, 0.5) is 18.9 Å². The lowest BCUT2D eigenvalue weighted by Gasteiger charge is -2.41. The minimum atomic E-state index is -4.52. The quantitative estimate of drug-likeness (QED) is 0.768. The standard InChI is InChI=1S/C19H19F3N2O4/c20-19(21,22)11-4-3-5-12(8-11)23-15-7-2-1-6-13-9-14(25)10-16(18(27)28)24(13)17(15)26/h1-5,8,13,15-16,23H,6-7,9-10H2,(H,27,28)/b2-1-/t13-,15-,16-/m0/s1. The average Bonchev–Trinajstić information content (AvgIpc) is 2.61. The van der Waals surface area contributed by atoms with E-state index < -0.39 is 41.7 Å². The minimum Gasteiger partial charge on any atom is -0.480 e. The first-order valence-corrected chi connectivity index (χ1v) is 8.82. The first-order chi connectivity index (χ1) is 13.2. The van der Waals surface area contributed by atoms with E-state index in [1.807, 2.05) is 0 Å². The van der Waals surface area contributed by atoms with Crippen LogP contribution >= 0.6 is 0 Å². The molecule has 0 bridgehead atoms. The summed E-state index contributed by atoms with van der Waals surface area (Å²) in [6.45, 7) is 0. The SMILES string of the molecule is O=C1C[C@@H]2C/C=C\C[C@H](Nc3cccc(C(F)(F)F)c3)C(=O)N2[C@H](C(=O)O)C1. The Kier molecular flexibility index (Phi) is 5.44. The number of ketones is 1. The summed E-state index contributed by atoms with van der Waals surface area (Å²) in [6.07, 6.45) is -0.684. The molecule has 1 amide bonds. The van der Waals surface area contributed by atoms with Gasteiger partial charge in [-0.2, -0.15) is 13.2 Å². The summed E-state index contributed by atoms with van der Waals surface area (Å²) in [5.74, 6) is -2.03. The van der Waals surface area contributed by atoms with E-state index in [9.17, 15) is 32.7 Å². The Morgan fingerprint density at radius 3 is 2.54 bits per heavy atom. The molecular weight excluding hydrogens is 377 g/mol.